The largest absolute Gasteiger partial charge is 0.490 e. The van der Waals surface area contributed by atoms with Gasteiger partial charge in [-0.2, -0.15) is 5.10 Å². The number of sulfone groups is 1. The fraction of sp³-hybridized carbons (Fsp3) is 0.406. The number of hydrogen-bond donors (Lipinski definition) is 0. The molecule has 0 radical (unpaired) electrons. The molecule has 3 saturated heterocycles. The van der Waals surface area contributed by atoms with Crippen molar-refractivity contribution in [2.75, 3.05) is 62.9 Å². The second-order valence-corrected chi connectivity index (χ2v) is 15.1. The standard InChI is InChI=1S/C32H34FN5O5S2/c1-3-27(39)37-17-23(18-37)38-16-21(15-34-38)29-28(24-5-4-22(33)14-26(24)43-12-11-42-2)30-25(6-13-44-30)31(35-29)36-9-7-32(8-10-36)19-45(40,41)20-32/h3-6,13-16,23H,1,7-12,17-20H2,2H3. The first-order valence-electron chi connectivity index (χ1n) is 14.9. The third kappa shape index (κ3) is 5.50. The van der Waals surface area contributed by atoms with Gasteiger partial charge in [0.1, 0.15) is 24.0 Å². The van der Waals surface area contributed by atoms with Gasteiger partial charge in [-0.1, -0.05) is 6.58 Å². The lowest BCUT2D eigenvalue weighted by Gasteiger charge is -2.47. The van der Waals surface area contributed by atoms with Crippen molar-refractivity contribution in [2.45, 2.75) is 18.9 Å². The van der Waals surface area contributed by atoms with Gasteiger partial charge >= 0.3 is 0 Å². The van der Waals surface area contributed by atoms with E-state index < -0.39 is 15.7 Å². The van der Waals surface area contributed by atoms with Crippen molar-refractivity contribution in [3.63, 3.8) is 0 Å². The molecule has 10 nitrogen and oxygen atoms in total. The maximum atomic E-state index is 14.5. The summed E-state index contributed by atoms with van der Waals surface area (Å²) in [5.41, 5.74) is 2.90. The Morgan fingerprint density at radius 2 is 1.98 bits per heavy atom. The molecule has 7 rings (SSSR count). The number of anilines is 1. The fourth-order valence-electron chi connectivity index (χ4n) is 6.73. The van der Waals surface area contributed by atoms with E-state index in [1.54, 1.807) is 35.6 Å². The van der Waals surface area contributed by atoms with Gasteiger partial charge in [-0.05, 0) is 42.5 Å². The molecule has 3 aromatic heterocycles. The van der Waals surface area contributed by atoms with Gasteiger partial charge in [0.2, 0.25) is 5.91 Å². The van der Waals surface area contributed by atoms with Crippen molar-refractivity contribution >= 4 is 43.0 Å². The minimum Gasteiger partial charge on any atom is -0.490 e. The minimum atomic E-state index is -2.92. The van der Waals surface area contributed by atoms with Crippen LogP contribution < -0.4 is 9.64 Å². The maximum absolute atomic E-state index is 14.5. The Morgan fingerprint density at radius 3 is 2.69 bits per heavy atom. The van der Waals surface area contributed by atoms with Crippen molar-refractivity contribution in [2.24, 2.45) is 5.41 Å². The number of halogens is 1. The summed E-state index contributed by atoms with van der Waals surface area (Å²) in [4.78, 5) is 21.3. The quantitative estimate of drug-likeness (QED) is 0.191. The third-order valence-corrected chi connectivity index (χ3v) is 12.2. The number of pyridine rings is 1. The molecule has 0 aliphatic carbocycles. The fourth-order valence-corrected chi connectivity index (χ4v) is 10.0. The average molecular weight is 652 g/mol. The van der Waals surface area contributed by atoms with E-state index >= 15 is 0 Å². The van der Waals surface area contributed by atoms with Gasteiger partial charge in [0.05, 0.1) is 36.0 Å². The molecule has 45 heavy (non-hydrogen) atoms. The number of ether oxygens (including phenoxy) is 2. The topological polar surface area (TPSA) is 107 Å². The van der Waals surface area contributed by atoms with E-state index in [2.05, 4.69) is 22.6 Å². The molecule has 3 aliphatic heterocycles. The average Bonchev–Trinajstić information content (AvgIpc) is 3.66. The second-order valence-electron chi connectivity index (χ2n) is 12.1. The Kier molecular flexibility index (Phi) is 7.65. The van der Waals surface area contributed by atoms with Crippen molar-refractivity contribution in [3.05, 3.63) is 60.5 Å². The van der Waals surface area contributed by atoms with Gasteiger partial charge in [0, 0.05) is 77.7 Å². The van der Waals surface area contributed by atoms with Gasteiger partial charge in [0.25, 0.3) is 0 Å². The predicted octanol–water partition coefficient (Wildman–Crippen LogP) is 4.58. The second kappa shape index (κ2) is 11.5. The van der Waals surface area contributed by atoms with Crippen LogP contribution in [0.2, 0.25) is 0 Å². The molecule has 0 bridgehead atoms. The number of thiophene rings is 1. The van der Waals surface area contributed by atoms with Crippen LogP contribution in [0.4, 0.5) is 10.2 Å². The van der Waals surface area contributed by atoms with Crippen LogP contribution in [-0.4, -0.2) is 92.0 Å². The number of aromatic nitrogens is 3. The summed E-state index contributed by atoms with van der Waals surface area (Å²) in [6, 6.07) is 6.64. The van der Waals surface area contributed by atoms with Crippen LogP contribution in [0.5, 0.6) is 5.75 Å². The van der Waals surface area contributed by atoms with Gasteiger partial charge in [-0.3, -0.25) is 9.48 Å². The summed E-state index contributed by atoms with van der Waals surface area (Å²) in [5, 5.41) is 7.68. The van der Waals surface area contributed by atoms with Gasteiger partial charge < -0.3 is 19.3 Å². The Bertz CT molecular complexity index is 1880. The van der Waals surface area contributed by atoms with Crippen LogP contribution in [-0.2, 0) is 19.4 Å². The van der Waals surface area contributed by atoms with Crippen LogP contribution in [0.3, 0.4) is 0 Å². The number of fused-ring (bicyclic) bond motifs is 1. The van der Waals surface area contributed by atoms with Crippen molar-refractivity contribution in [3.8, 4) is 28.1 Å². The molecule has 236 valence electrons. The zero-order valence-corrected chi connectivity index (χ0v) is 26.6. The SMILES string of the molecule is C=CC(=O)N1CC(n2cc(-c3nc(N4CCC5(CC4)CS(=O)(=O)C5)c4ccsc4c3-c3ccc(F)cc3OCCOC)cn2)C1. The number of carbonyl (C=O) groups excluding carboxylic acids is 1. The molecule has 4 aromatic rings. The van der Waals surface area contributed by atoms with Crippen molar-refractivity contribution in [1.82, 2.24) is 19.7 Å². The number of amides is 1. The summed E-state index contributed by atoms with van der Waals surface area (Å²) < 4.78 is 52.6. The molecule has 6 heterocycles. The molecule has 1 spiro atoms. The van der Waals surface area contributed by atoms with Crippen LogP contribution >= 0.6 is 11.3 Å². The number of methoxy groups -OCH3 is 1. The first-order chi connectivity index (χ1) is 21.7. The summed E-state index contributed by atoms with van der Waals surface area (Å²) >= 11 is 1.59. The van der Waals surface area contributed by atoms with E-state index in [4.69, 9.17) is 14.5 Å². The van der Waals surface area contributed by atoms with Crippen LogP contribution in [0.1, 0.15) is 18.9 Å². The predicted molar refractivity (Wildman–Crippen MR) is 172 cm³/mol. The summed E-state index contributed by atoms with van der Waals surface area (Å²) in [6.07, 6.45) is 6.65. The lowest BCUT2D eigenvalue weighted by atomic mass is 9.81. The molecular weight excluding hydrogens is 618 g/mol. The molecule has 3 fully saturated rings. The first kappa shape index (κ1) is 29.9. The zero-order chi connectivity index (χ0) is 31.3. The zero-order valence-electron chi connectivity index (χ0n) is 24.9. The number of carbonyl (C=O) groups is 1. The number of nitrogens with zero attached hydrogens (tertiary/aromatic N) is 5. The molecule has 1 amide bonds. The van der Waals surface area contributed by atoms with Crippen LogP contribution in [0.15, 0.2) is 54.7 Å². The lowest BCUT2D eigenvalue weighted by Crippen LogP contribution is -2.54. The van der Waals surface area contributed by atoms with Crippen molar-refractivity contribution in [1.29, 1.82) is 0 Å². The highest BCUT2D eigenvalue weighted by molar-refractivity contribution is 7.92. The van der Waals surface area contributed by atoms with E-state index in [1.807, 2.05) is 16.3 Å². The van der Waals surface area contributed by atoms with E-state index in [-0.39, 0.29) is 35.5 Å². The normalized spacial score (nSPS) is 19.0. The monoisotopic (exact) mass is 651 g/mol. The molecule has 1 aromatic carbocycles. The van der Waals surface area contributed by atoms with Gasteiger partial charge in [-0.25, -0.2) is 17.8 Å². The maximum Gasteiger partial charge on any atom is 0.246 e. The summed E-state index contributed by atoms with van der Waals surface area (Å²) in [6.45, 7) is 6.70. The summed E-state index contributed by atoms with van der Waals surface area (Å²) in [5.74, 6) is 1.27. The molecule has 13 heteroatoms. The molecule has 0 N–H and O–H groups in total. The molecule has 0 atom stereocenters. The third-order valence-electron chi connectivity index (χ3n) is 9.12. The van der Waals surface area contributed by atoms with Gasteiger partial charge in [-0.15, -0.1) is 11.3 Å². The number of piperidine rings is 1. The molecular formula is C32H34FN5O5S2. The molecule has 0 saturated carbocycles. The highest BCUT2D eigenvalue weighted by Gasteiger charge is 2.49. The Balaban J connectivity index is 1.31. The Labute approximate surface area is 265 Å². The van der Waals surface area contributed by atoms with E-state index in [9.17, 15) is 17.6 Å². The number of benzene rings is 1. The molecule has 3 aliphatic rings. The van der Waals surface area contributed by atoms with E-state index in [0.717, 1.165) is 39.9 Å². The number of likely N-dealkylation sites (tertiary alicyclic amines) is 1. The highest BCUT2D eigenvalue weighted by atomic mass is 32.2. The first-order valence-corrected chi connectivity index (χ1v) is 17.6. The van der Waals surface area contributed by atoms with Crippen LogP contribution in [0, 0.1) is 11.2 Å². The Hall–Kier alpha value is -3.81. The van der Waals surface area contributed by atoms with Gasteiger partial charge in [0.15, 0.2) is 9.84 Å². The lowest BCUT2D eigenvalue weighted by molar-refractivity contribution is -0.131. The van der Waals surface area contributed by atoms with E-state index in [0.29, 0.717) is 49.8 Å². The summed E-state index contributed by atoms with van der Waals surface area (Å²) in [7, 11) is -1.33. The molecule has 0 unspecified atom stereocenters. The number of rotatable bonds is 9. The highest BCUT2D eigenvalue weighted by Crippen LogP contribution is 2.48. The van der Waals surface area contributed by atoms with Crippen molar-refractivity contribution < 1.29 is 27.1 Å². The minimum absolute atomic E-state index is 0.0341. The van der Waals surface area contributed by atoms with Crippen LogP contribution in [0.25, 0.3) is 32.5 Å². The number of hydrogen-bond acceptors (Lipinski definition) is 9. The Morgan fingerprint density at radius 1 is 1.20 bits per heavy atom. The smallest absolute Gasteiger partial charge is 0.246 e. The van der Waals surface area contributed by atoms with E-state index in [1.165, 1.54) is 18.2 Å².